The molecule has 0 aromatic heterocycles. The summed E-state index contributed by atoms with van der Waals surface area (Å²) < 4.78 is 13.1. The first-order valence-electron chi connectivity index (χ1n) is 10.3. The van der Waals surface area contributed by atoms with Crippen LogP contribution in [0, 0.1) is 11.7 Å². The molecule has 3 rings (SSSR count). The summed E-state index contributed by atoms with van der Waals surface area (Å²) in [5.41, 5.74) is 2.85. The molecule has 158 valence electrons. The fraction of sp³-hybridized carbons (Fsp3) is 0.320. The van der Waals surface area contributed by atoms with Crippen molar-refractivity contribution < 1.29 is 14.3 Å². The fourth-order valence-electron chi connectivity index (χ4n) is 3.91. The van der Waals surface area contributed by atoms with Crippen LogP contribution < -0.4 is 0 Å². The number of nitrogens with zero attached hydrogens (tertiary/aromatic N) is 1. The number of hydrogen-bond acceptors (Lipinski definition) is 2. The van der Waals surface area contributed by atoms with Crippen LogP contribution in [-0.4, -0.2) is 27.9 Å². The van der Waals surface area contributed by atoms with Gasteiger partial charge in [0.05, 0.1) is 6.04 Å². The summed E-state index contributed by atoms with van der Waals surface area (Å²) in [5, 5.41) is 12.5. The van der Waals surface area contributed by atoms with Crippen LogP contribution in [0.4, 0.5) is 9.18 Å². The van der Waals surface area contributed by atoms with Gasteiger partial charge in [0, 0.05) is 11.8 Å². The minimum atomic E-state index is -0.903. The van der Waals surface area contributed by atoms with Gasteiger partial charge in [0.2, 0.25) is 0 Å². The zero-order valence-electron chi connectivity index (χ0n) is 17.2. The van der Waals surface area contributed by atoms with E-state index < -0.39 is 6.09 Å². The molecule has 0 radical (unpaired) electrons. The third-order valence-corrected chi connectivity index (χ3v) is 7.01. The van der Waals surface area contributed by atoms with Crippen LogP contribution in [0.1, 0.15) is 37.8 Å². The number of carboxylic acid groups (broad SMARTS) is 1. The number of allylic oxidation sites excluding steroid dienone is 2. The lowest BCUT2D eigenvalue weighted by atomic mass is 9.94. The molecule has 1 aliphatic heterocycles. The molecule has 0 saturated carbocycles. The zero-order valence-corrected chi connectivity index (χ0v) is 18.0. The van der Waals surface area contributed by atoms with Gasteiger partial charge in [0.15, 0.2) is 0 Å². The molecule has 1 aliphatic rings. The maximum atomic E-state index is 13.1. The second kappa shape index (κ2) is 10.5. The van der Waals surface area contributed by atoms with E-state index in [0.29, 0.717) is 17.7 Å². The smallest absolute Gasteiger partial charge is 0.407 e. The summed E-state index contributed by atoms with van der Waals surface area (Å²) in [5.74, 6) is 0.153. The molecule has 2 aromatic carbocycles. The van der Waals surface area contributed by atoms with E-state index >= 15 is 0 Å². The van der Waals surface area contributed by atoms with Crippen LogP contribution in [-0.2, 0) is 0 Å². The van der Waals surface area contributed by atoms with Crippen molar-refractivity contribution in [3.05, 3.63) is 84.1 Å². The third kappa shape index (κ3) is 5.54. The van der Waals surface area contributed by atoms with Crippen LogP contribution in [0.3, 0.4) is 0 Å². The highest BCUT2D eigenvalue weighted by Crippen LogP contribution is 2.35. The molecule has 1 heterocycles. The highest BCUT2D eigenvalue weighted by atomic mass is 32.2. The van der Waals surface area contributed by atoms with E-state index in [1.54, 1.807) is 12.1 Å². The van der Waals surface area contributed by atoms with Crippen molar-refractivity contribution in [1.29, 1.82) is 0 Å². The highest BCUT2D eigenvalue weighted by molar-refractivity contribution is 8.03. The molecule has 30 heavy (non-hydrogen) atoms. The molecule has 0 fully saturated rings. The number of carbonyl (C=O) groups is 1. The Morgan fingerprint density at radius 1 is 1.23 bits per heavy atom. The van der Waals surface area contributed by atoms with Gasteiger partial charge >= 0.3 is 6.09 Å². The monoisotopic (exact) mass is 425 g/mol. The second-order valence-electron chi connectivity index (χ2n) is 7.64. The standard InChI is InChI=1S/C25H28FNO2S/c1-3-5-22(24-6-4-17-30-24)15-16-27(25(28)29)18(2)19-7-9-20(10-8-19)21-11-13-23(26)14-12-21/h3-4,7-14,17-18,22,24H,1,5-6,15-16H2,2H3,(H,28,29)/t18-,22-,24?/m0/s1. The van der Waals surface area contributed by atoms with Crippen molar-refractivity contribution in [2.75, 3.05) is 6.54 Å². The van der Waals surface area contributed by atoms with E-state index in [0.717, 1.165) is 36.0 Å². The molecule has 1 amide bonds. The summed E-state index contributed by atoms with van der Waals surface area (Å²) in [4.78, 5) is 13.5. The van der Waals surface area contributed by atoms with E-state index in [1.807, 2.05) is 49.0 Å². The van der Waals surface area contributed by atoms with Crippen LogP contribution in [0.2, 0.25) is 0 Å². The minimum absolute atomic E-state index is 0.247. The minimum Gasteiger partial charge on any atom is -0.465 e. The molecule has 0 saturated heterocycles. The number of rotatable bonds is 9. The summed E-state index contributed by atoms with van der Waals surface area (Å²) in [6.07, 6.45) is 5.97. The van der Waals surface area contributed by atoms with Gasteiger partial charge in [-0.25, -0.2) is 9.18 Å². The Labute approximate surface area is 182 Å². The zero-order chi connectivity index (χ0) is 21.5. The first-order valence-corrected chi connectivity index (χ1v) is 11.2. The number of thioether (sulfide) groups is 1. The van der Waals surface area contributed by atoms with Crippen molar-refractivity contribution in [1.82, 2.24) is 4.90 Å². The van der Waals surface area contributed by atoms with E-state index in [2.05, 4.69) is 18.1 Å². The van der Waals surface area contributed by atoms with E-state index in [-0.39, 0.29) is 11.9 Å². The fourth-order valence-corrected chi connectivity index (χ4v) is 5.03. The Morgan fingerprint density at radius 2 is 1.87 bits per heavy atom. The molecule has 1 N–H and O–H groups in total. The molecular weight excluding hydrogens is 397 g/mol. The average molecular weight is 426 g/mol. The molecule has 0 spiro atoms. The predicted octanol–water partition coefficient (Wildman–Crippen LogP) is 7.14. The average Bonchev–Trinajstić information content (AvgIpc) is 3.28. The summed E-state index contributed by atoms with van der Waals surface area (Å²) in [6.45, 7) is 6.29. The lowest BCUT2D eigenvalue weighted by Crippen LogP contribution is -2.35. The number of halogens is 1. The Hall–Kier alpha value is -2.53. The van der Waals surface area contributed by atoms with Crippen LogP contribution in [0.25, 0.3) is 11.1 Å². The number of benzene rings is 2. The normalized spacial score (nSPS) is 17.5. The van der Waals surface area contributed by atoms with Crippen molar-refractivity contribution in [3.63, 3.8) is 0 Å². The molecule has 1 unspecified atom stereocenters. The number of amides is 1. The van der Waals surface area contributed by atoms with E-state index in [9.17, 15) is 14.3 Å². The van der Waals surface area contributed by atoms with Gasteiger partial charge in [-0.15, -0.1) is 18.3 Å². The molecule has 3 atom stereocenters. The Bertz CT molecular complexity index is 871. The van der Waals surface area contributed by atoms with Crippen molar-refractivity contribution >= 4 is 17.9 Å². The second-order valence-corrected chi connectivity index (χ2v) is 8.79. The van der Waals surface area contributed by atoms with Gasteiger partial charge in [-0.1, -0.05) is 48.6 Å². The quantitative estimate of drug-likeness (QED) is 0.434. The first-order chi connectivity index (χ1) is 14.5. The maximum absolute atomic E-state index is 13.1. The van der Waals surface area contributed by atoms with Gasteiger partial charge in [-0.2, -0.15) is 0 Å². The molecule has 2 aromatic rings. The lowest BCUT2D eigenvalue weighted by Gasteiger charge is -2.30. The largest absolute Gasteiger partial charge is 0.465 e. The molecular formula is C25H28FNO2S. The third-order valence-electron chi connectivity index (χ3n) is 5.74. The van der Waals surface area contributed by atoms with E-state index in [4.69, 9.17) is 0 Å². The topological polar surface area (TPSA) is 40.5 Å². The first kappa shape index (κ1) is 22.2. The molecule has 5 heteroatoms. The van der Waals surface area contributed by atoms with Gasteiger partial charge in [-0.05, 0) is 66.3 Å². The van der Waals surface area contributed by atoms with Crippen molar-refractivity contribution in [3.8, 4) is 11.1 Å². The van der Waals surface area contributed by atoms with Gasteiger partial charge in [-0.3, -0.25) is 0 Å². The molecule has 0 aliphatic carbocycles. The maximum Gasteiger partial charge on any atom is 0.407 e. The Kier molecular flexibility index (Phi) is 7.75. The van der Waals surface area contributed by atoms with Gasteiger partial charge in [0.25, 0.3) is 0 Å². The van der Waals surface area contributed by atoms with Crippen molar-refractivity contribution in [2.24, 2.45) is 5.92 Å². The van der Waals surface area contributed by atoms with Crippen LogP contribution in [0.5, 0.6) is 0 Å². The SMILES string of the molecule is C=CC[C@@H](CCN(C(=O)O)[C@@H](C)c1ccc(-c2ccc(F)cc2)cc1)C1CC=CS1. The van der Waals surface area contributed by atoms with E-state index in [1.165, 1.54) is 17.0 Å². The lowest BCUT2D eigenvalue weighted by molar-refractivity contribution is 0.124. The van der Waals surface area contributed by atoms with Crippen molar-refractivity contribution in [2.45, 2.75) is 37.5 Å². The Balaban J connectivity index is 1.68. The molecule has 0 bridgehead atoms. The number of hydrogen-bond donors (Lipinski definition) is 1. The Morgan fingerprint density at radius 3 is 2.40 bits per heavy atom. The van der Waals surface area contributed by atoms with Crippen LogP contribution >= 0.6 is 11.8 Å². The predicted molar refractivity (Wildman–Crippen MR) is 123 cm³/mol. The summed E-state index contributed by atoms with van der Waals surface area (Å²) >= 11 is 1.84. The summed E-state index contributed by atoms with van der Waals surface area (Å²) in [7, 11) is 0. The summed E-state index contributed by atoms with van der Waals surface area (Å²) in [6, 6.07) is 13.9. The highest BCUT2D eigenvalue weighted by Gasteiger charge is 2.26. The molecule has 3 nitrogen and oxygen atoms in total. The van der Waals surface area contributed by atoms with Gasteiger partial charge < -0.3 is 10.0 Å². The van der Waals surface area contributed by atoms with Crippen LogP contribution in [0.15, 0.2) is 72.7 Å². The van der Waals surface area contributed by atoms with Gasteiger partial charge in [0.1, 0.15) is 5.82 Å².